The van der Waals surface area contributed by atoms with E-state index in [-0.39, 0.29) is 18.0 Å². The van der Waals surface area contributed by atoms with Gasteiger partial charge >= 0.3 is 0 Å². The minimum atomic E-state index is -0.0984. The predicted octanol–water partition coefficient (Wildman–Crippen LogP) is 2.74. The number of halogens is 1. The van der Waals surface area contributed by atoms with Crippen LogP contribution in [0, 0.1) is 0 Å². The van der Waals surface area contributed by atoms with Gasteiger partial charge in [-0.3, -0.25) is 4.79 Å². The number of nitrogens with two attached hydrogens (primary N) is 1. The van der Waals surface area contributed by atoms with Crippen LogP contribution < -0.4 is 5.73 Å². The first-order chi connectivity index (χ1) is 8.65. The Morgan fingerprint density at radius 1 is 1.44 bits per heavy atom. The molecule has 3 nitrogen and oxygen atoms in total. The van der Waals surface area contributed by atoms with Gasteiger partial charge in [-0.05, 0) is 31.4 Å². The summed E-state index contributed by atoms with van der Waals surface area (Å²) in [6.07, 6.45) is 2.30. The maximum absolute atomic E-state index is 12.1. The van der Waals surface area contributed by atoms with Crippen molar-refractivity contribution in [3.63, 3.8) is 0 Å². The number of carbonyl (C=O) groups is 1. The Bertz CT molecular complexity index is 436. The van der Waals surface area contributed by atoms with E-state index in [0.717, 1.165) is 18.4 Å². The summed E-state index contributed by atoms with van der Waals surface area (Å²) in [5.74, 6) is 0.176. The van der Waals surface area contributed by atoms with E-state index in [2.05, 4.69) is 0 Å². The molecule has 1 heterocycles. The fraction of sp³-hybridized carbons (Fsp3) is 0.500. The predicted molar refractivity (Wildman–Crippen MR) is 73.4 cm³/mol. The van der Waals surface area contributed by atoms with Crippen molar-refractivity contribution in [3.8, 4) is 0 Å². The normalized spacial score (nSPS) is 25.1. The van der Waals surface area contributed by atoms with Gasteiger partial charge in [0.2, 0.25) is 5.91 Å². The van der Waals surface area contributed by atoms with E-state index >= 15 is 0 Å². The Kier molecular flexibility index (Phi) is 4.25. The van der Waals surface area contributed by atoms with Crippen molar-refractivity contribution < 1.29 is 4.79 Å². The molecule has 1 aliphatic rings. The molecule has 2 atom stereocenters. The Hall–Kier alpha value is -1.06. The van der Waals surface area contributed by atoms with Gasteiger partial charge in [0, 0.05) is 24.0 Å². The molecule has 2 N–H and O–H groups in total. The lowest BCUT2D eigenvalue weighted by Crippen LogP contribution is -2.42. The first kappa shape index (κ1) is 13.4. The maximum Gasteiger partial charge on any atom is 0.223 e. The molecule has 18 heavy (non-hydrogen) atoms. The van der Waals surface area contributed by atoms with Crippen LogP contribution in [-0.2, 0) is 4.79 Å². The number of amides is 1. The Morgan fingerprint density at radius 3 is 2.83 bits per heavy atom. The SMILES string of the molecule is CCN1C(=O)CCCC(N)C1c1ccccc1Cl. The summed E-state index contributed by atoms with van der Waals surface area (Å²) in [6.45, 7) is 2.65. The van der Waals surface area contributed by atoms with Crippen LogP contribution in [0.15, 0.2) is 24.3 Å². The van der Waals surface area contributed by atoms with Crippen LogP contribution in [-0.4, -0.2) is 23.4 Å². The highest BCUT2D eigenvalue weighted by Crippen LogP contribution is 2.33. The molecule has 0 saturated carbocycles. The number of likely N-dealkylation sites (tertiary alicyclic amines) is 1. The molecule has 1 fully saturated rings. The Morgan fingerprint density at radius 2 is 2.17 bits per heavy atom. The van der Waals surface area contributed by atoms with Gasteiger partial charge < -0.3 is 10.6 Å². The van der Waals surface area contributed by atoms with E-state index in [9.17, 15) is 4.79 Å². The summed E-state index contributed by atoms with van der Waals surface area (Å²) < 4.78 is 0. The molecule has 0 radical (unpaired) electrons. The highest BCUT2D eigenvalue weighted by molar-refractivity contribution is 6.31. The molecule has 1 aromatic carbocycles. The summed E-state index contributed by atoms with van der Waals surface area (Å²) in [4.78, 5) is 14.0. The summed E-state index contributed by atoms with van der Waals surface area (Å²) in [5.41, 5.74) is 7.22. The minimum Gasteiger partial charge on any atom is -0.334 e. The molecular formula is C14H19ClN2O. The average molecular weight is 267 g/mol. The molecule has 0 aromatic heterocycles. The molecule has 4 heteroatoms. The highest BCUT2D eigenvalue weighted by atomic mass is 35.5. The van der Waals surface area contributed by atoms with Crippen LogP contribution in [0.3, 0.4) is 0 Å². The van der Waals surface area contributed by atoms with Crippen molar-refractivity contribution in [2.45, 2.75) is 38.3 Å². The zero-order valence-electron chi connectivity index (χ0n) is 10.6. The quantitative estimate of drug-likeness (QED) is 0.895. The van der Waals surface area contributed by atoms with Crippen LogP contribution in [0.25, 0.3) is 0 Å². The lowest BCUT2D eigenvalue weighted by atomic mass is 9.96. The molecular weight excluding hydrogens is 248 g/mol. The fourth-order valence-electron chi connectivity index (χ4n) is 2.66. The second kappa shape index (κ2) is 5.72. The lowest BCUT2D eigenvalue weighted by molar-refractivity contribution is -0.133. The smallest absolute Gasteiger partial charge is 0.223 e. The van der Waals surface area contributed by atoms with Crippen LogP contribution in [0.1, 0.15) is 37.8 Å². The highest BCUT2D eigenvalue weighted by Gasteiger charge is 2.32. The number of benzene rings is 1. The van der Waals surface area contributed by atoms with Crippen molar-refractivity contribution in [1.82, 2.24) is 4.90 Å². The summed E-state index contributed by atoms with van der Waals surface area (Å²) in [5, 5.41) is 0.686. The van der Waals surface area contributed by atoms with E-state index in [1.807, 2.05) is 36.1 Å². The minimum absolute atomic E-state index is 0.0451. The van der Waals surface area contributed by atoms with Crippen molar-refractivity contribution in [3.05, 3.63) is 34.9 Å². The third-order valence-corrected chi connectivity index (χ3v) is 3.90. The molecule has 0 aliphatic carbocycles. The van der Waals surface area contributed by atoms with Gasteiger partial charge in [-0.2, -0.15) is 0 Å². The number of nitrogens with zero attached hydrogens (tertiary/aromatic N) is 1. The molecule has 1 amide bonds. The number of hydrogen-bond donors (Lipinski definition) is 1. The molecule has 2 unspecified atom stereocenters. The lowest BCUT2D eigenvalue weighted by Gasteiger charge is -2.33. The van der Waals surface area contributed by atoms with Crippen molar-refractivity contribution in [1.29, 1.82) is 0 Å². The number of likely N-dealkylation sites (N-methyl/N-ethyl adjacent to an activating group) is 1. The third-order valence-electron chi connectivity index (χ3n) is 3.55. The monoisotopic (exact) mass is 266 g/mol. The summed E-state index contributed by atoms with van der Waals surface area (Å²) in [7, 11) is 0. The van der Waals surface area contributed by atoms with Gasteiger partial charge in [0.15, 0.2) is 0 Å². The van der Waals surface area contributed by atoms with Gasteiger partial charge in [0.1, 0.15) is 0 Å². The van der Waals surface area contributed by atoms with E-state index < -0.39 is 0 Å². The first-order valence-electron chi connectivity index (χ1n) is 6.44. The maximum atomic E-state index is 12.1. The van der Waals surface area contributed by atoms with Crippen molar-refractivity contribution in [2.24, 2.45) is 5.73 Å². The number of rotatable bonds is 2. The summed E-state index contributed by atoms with van der Waals surface area (Å²) in [6, 6.07) is 7.51. The zero-order valence-corrected chi connectivity index (χ0v) is 11.4. The fourth-order valence-corrected chi connectivity index (χ4v) is 2.91. The van der Waals surface area contributed by atoms with Gasteiger partial charge in [-0.25, -0.2) is 0 Å². The topological polar surface area (TPSA) is 46.3 Å². The van der Waals surface area contributed by atoms with Crippen LogP contribution in [0.2, 0.25) is 5.02 Å². The standard InChI is InChI=1S/C14H19ClN2O/c1-2-17-13(18)9-5-8-12(16)14(17)10-6-3-4-7-11(10)15/h3-4,6-7,12,14H,2,5,8-9,16H2,1H3. The average Bonchev–Trinajstić information content (AvgIpc) is 2.49. The van der Waals surface area contributed by atoms with Crippen molar-refractivity contribution in [2.75, 3.05) is 6.54 Å². The third kappa shape index (κ3) is 2.52. The van der Waals surface area contributed by atoms with Gasteiger partial charge in [-0.1, -0.05) is 29.8 Å². The summed E-state index contributed by atoms with van der Waals surface area (Å²) >= 11 is 6.25. The first-order valence-corrected chi connectivity index (χ1v) is 6.82. The van der Waals surface area contributed by atoms with E-state index in [1.165, 1.54) is 0 Å². The van der Waals surface area contributed by atoms with Gasteiger partial charge in [-0.15, -0.1) is 0 Å². The number of carbonyl (C=O) groups excluding carboxylic acids is 1. The Balaban J connectivity index is 2.42. The molecule has 98 valence electrons. The molecule has 1 aromatic rings. The van der Waals surface area contributed by atoms with E-state index in [1.54, 1.807) is 0 Å². The van der Waals surface area contributed by atoms with E-state index in [0.29, 0.717) is 18.0 Å². The Labute approximate surface area is 113 Å². The second-order valence-corrected chi connectivity index (χ2v) is 5.11. The zero-order chi connectivity index (χ0) is 13.1. The largest absolute Gasteiger partial charge is 0.334 e. The molecule has 1 saturated heterocycles. The van der Waals surface area contributed by atoms with Crippen LogP contribution >= 0.6 is 11.6 Å². The molecule has 2 rings (SSSR count). The molecule has 0 bridgehead atoms. The molecule has 0 spiro atoms. The second-order valence-electron chi connectivity index (χ2n) is 4.70. The van der Waals surface area contributed by atoms with Gasteiger partial charge in [0.05, 0.1) is 6.04 Å². The van der Waals surface area contributed by atoms with Crippen LogP contribution in [0.5, 0.6) is 0 Å². The van der Waals surface area contributed by atoms with Crippen molar-refractivity contribution >= 4 is 17.5 Å². The van der Waals surface area contributed by atoms with Crippen LogP contribution in [0.4, 0.5) is 0 Å². The van der Waals surface area contributed by atoms with E-state index in [4.69, 9.17) is 17.3 Å². The molecule has 1 aliphatic heterocycles. The number of hydrogen-bond acceptors (Lipinski definition) is 2. The van der Waals surface area contributed by atoms with Gasteiger partial charge in [0.25, 0.3) is 0 Å².